The molecule has 1 N–H and O–H groups in total. The van der Waals surface area contributed by atoms with Gasteiger partial charge < -0.3 is 9.64 Å². The summed E-state index contributed by atoms with van der Waals surface area (Å²) in [4.78, 5) is 10.1. The molecule has 1 aromatic carbocycles. The van der Waals surface area contributed by atoms with Crippen LogP contribution in [0.15, 0.2) is 30.6 Å². The van der Waals surface area contributed by atoms with Gasteiger partial charge in [0.05, 0.1) is 6.61 Å². The van der Waals surface area contributed by atoms with Gasteiger partial charge >= 0.3 is 0 Å². The highest BCUT2D eigenvalue weighted by molar-refractivity contribution is 5.64. The van der Waals surface area contributed by atoms with Gasteiger partial charge in [-0.2, -0.15) is 5.26 Å². The van der Waals surface area contributed by atoms with Gasteiger partial charge in [-0.1, -0.05) is 0 Å². The molecule has 0 unspecified atom stereocenters. The molecule has 0 spiro atoms. The van der Waals surface area contributed by atoms with Gasteiger partial charge in [0.1, 0.15) is 23.7 Å². The van der Waals surface area contributed by atoms with Crippen molar-refractivity contribution in [3.05, 3.63) is 36.2 Å². The molecule has 6 heteroatoms. The summed E-state index contributed by atoms with van der Waals surface area (Å²) in [7, 11) is 1.93. The molecule has 20 heavy (non-hydrogen) atoms. The number of anilines is 3. The summed E-state index contributed by atoms with van der Waals surface area (Å²) in [5.74, 6) is 2.15. The van der Waals surface area contributed by atoms with Crippen molar-refractivity contribution < 1.29 is 4.74 Å². The number of nitrogens with one attached hydrogen (secondary N) is 1. The van der Waals surface area contributed by atoms with Crippen LogP contribution < -0.4 is 15.0 Å². The van der Waals surface area contributed by atoms with Crippen LogP contribution in [0.1, 0.15) is 5.56 Å². The molecule has 1 aliphatic rings. The number of fused-ring (bicyclic) bond motifs is 1. The van der Waals surface area contributed by atoms with Crippen molar-refractivity contribution in [2.24, 2.45) is 0 Å². The SMILES string of the molecule is CN(c1ccc2c(c1)CCO2)c1cc(NC#N)ncn1. The molecule has 1 aliphatic heterocycles. The van der Waals surface area contributed by atoms with Gasteiger partial charge in [0, 0.05) is 25.2 Å². The highest BCUT2D eigenvalue weighted by atomic mass is 16.5. The third-order valence-electron chi connectivity index (χ3n) is 3.24. The molecule has 0 fully saturated rings. The van der Waals surface area contributed by atoms with Gasteiger partial charge in [0.25, 0.3) is 0 Å². The van der Waals surface area contributed by atoms with Crippen LogP contribution in [0.5, 0.6) is 5.75 Å². The number of ether oxygens (including phenoxy) is 1. The van der Waals surface area contributed by atoms with E-state index in [0.29, 0.717) is 5.82 Å². The number of benzene rings is 1. The number of aromatic nitrogens is 2. The fourth-order valence-electron chi connectivity index (χ4n) is 2.17. The lowest BCUT2D eigenvalue weighted by Gasteiger charge is -2.19. The van der Waals surface area contributed by atoms with Crippen molar-refractivity contribution in [2.45, 2.75) is 6.42 Å². The second-order valence-corrected chi connectivity index (χ2v) is 4.45. The number of rotatable bonds is 3. The van der Waals surface area contributed by atoms with Gasteiger partial charge in [-0.25, -0.2) is 9.97 Å². The Hall–Kier alpha value is -2.81. The minimum absolute atomic E-state index is 0.480. The number of nitriles is 1. The Balaban J connectivity index is 1.90. The predicted octanol–water partition coefficient (Wildman–Crippen LogP) is 2.07. The molecule has 0 saturated heterocycles. The summed E-state index contributed by atoms with van der Waals surface area (Å²) in [5.41, 5.74) is 2.23. The van der Waals surface area contributed by atoms with E-state index >= 15 is 0 Å². The monoisotopic (exact) mass is 267 g/mol. The van der Waals surface area contributed by atoms with E-state index in [9.17, 15) is 0 Å². The second-order valence-electron chi connectivity index (χ2n) is 4.45. The normalized spacial score (nSPS) is 12.2. The Morgan fingerprint density at radius 2 is 2.25 bits per heavy atom. The van der Waals surface area contributed by atoms with Gasteiger partial charge in [-0.15, -0.1) is 0 Å². The van der Waals surface area contributed by atoms with Crippen molar-refractivity contribution in [3.63, 3.8) is 0 Å². The molecule has 0 radical (unpaired) electrons. The molecule has 1 aromatic heterocycles. The lowest BCUT2D eigenvalue weighted by Crippen LogP contribution is -2.12. The topological polar surface area (TPSA) is 74.1 Å². The zero-order valence-electron chi connectivity index (χ0n) is 11.0. The molecule has 0 atom stereocenters. The van der Waals surface area contributed by atoms with Gasteiger partial charge in [-0.05, 0) is 23.8 Å². The van der Waals surface area contributed by atoms with Crippen molar-refractivity contribution in [2.75, 3.05) is 23.9 Å². The Bertz CT molecular complexity index is 680. The van der Waals surface area contributed by atoms with Gasteiger partial charge in [0.15, 0.2) is 6.19 Å². The van der Waals surface area contributed by atoms with E-state index in [0.717, 1.165) is 30.3 Å². The highest BCUT2D eigenvalue weighted by Crippen LogP contribution is 2.31. The van der Waals surface area contributed by atoms with E-state index in [1.807, 2.05) is 30.3 Å². The summed E-state index contributed by atoms with van der Waals surface area (Å²) >= 11 is 0. The summed E-state index contributed by atoms with van der Waals surface area (Å²) in [6.45, 7) is 0.742. The van der Waals surface area contributed by atoms with Crippen LogP contribution in [0.25, 0.3) is 0 Å². The smallest absolute Gasteiger partial charge is 0.182 e. The molecular weight excluding hydrogens is 254 g/mol. The Kier molecular flexibility index (Phi) is 3.09. The van der Waals surface area contributed by atoms with Crippen LogP contribution in [-0.4, -0.2) is 23.6 Å². The van der Waals surface area contributed by atoms with Crippen LogP contribution >= 0.6 is 0 Å². The van der Waals surface area contributed by atoms with E-state index in [-0.39, 0.29) is 0 Å². The molecular formula is C14H13N5O. The highest BCUT2D eigenvalue weighted by Gasteiger charge is 2.14. The maximum atomic E-state index is 8.62. The number of hydrogen-bond donors (Lipinski definition) is 1. The average Bonchev–Trinajstić information content (AvgIpc) is 2.94. The van der Waals surface area contributed by atoms with Crippen LogP contribution in [0.3, 0.4) is 0 Å². The van der Waals surface area contributed by atoms with Gasteiger partial charge in [0.2, 0.25) is 0 Å². The van der Waals surface area contributed by atoms with Crippen LogP contribution in [0, 0.1) is 11.5 Å². The predicted molar refractivity (Wildman–Crippen MR) is 75.0 cm³/mol. The first-order valence-electron chi connectivity index (χ1n) is 6.24. The van der Waals surface area contributed by atoms with Crippen molar-refractivity contribution >= 4 is 17.3 Å². The first-order chi connectivity index (χ1) is 9.78. The summed E-state index contributed by atoms with van der Waals surface area (Å²) < 4.78 is 5.50. The fraction of sp³-hybridized carbons (Fsp3) is 0.214. The first kappa shape index (κ1) is 12.2. The molecule has 2 aromatic rings. The third-order valence-corrected chi connectivity index (χ3v) is 3.24. The number of nitrogens with zero attached hydrogens (tertiary/aromatic N) is 4. The van der Waals surface area contributed by atoms with E-state index in [1.165, 1.54) is 11.9 Å². The van der Waals surface area contributed by atoms with E-state index in [2.05, 4.69) is 21.4 Å². The lowest BCUT2D eigenvalue weighted by molar-refractivity contribution is 0.357. The molecule has 0 aliphatic carbocycles. The summed E-state index contributed by atoms with van der Waals surface area (Å²) in [6, 6.07) is 7.79. The van der Waals surface area contributed by atoms with Crippen LogP contribution in [0.4, 0.5) is 17.3 Å². The maximum Gasteiger partial charge on any atom is 0.182 e. The third kappa shape index (κ3) is 2.21. The Morgan fingerprint density at radius 1 is 1.35 bits per heavy atom. The first-order valence-corrected chi connectivity index (χ1v) is 6.24. The quantitative estimate of drug-likeness (QED) is 0.678. The molecule has 3 rings (SSSR count). The standard InChI is InChI=1S/C14H13N5O/c1-19(14-7-13(16-8-15)17-9-18-14)11-2-3-12-10(6-11)4-5-20-12/h2-3,6-7,9H,4-5H2,1H3,(H,16,17,18). The lowest BCUT2D eigenvalue weighted by atomic mass is 10.1. The Morgan fingerprint density at radius 3 is 3.10 bits per heavy atom. The van der Waals surface area contributed by atoms with Crippen LogP contribution in [-0.2, 0) is 6.42 Å². The van der Waals surface area contributed by atoms with Crippen LogP contribution in [0.2, 0.25) is 0 Å². The van der Waals surface area contributed by atoms with Crippen molar-refractivity contribution in [3.8, 4) is 11.9 Å². The minimum atomic E-state index is 0.480. The summed E-state index contributed by atoms with van der Waals surface area (Å²) in [6.07, 6.45) is 4.21. The van der Waals surface area contributed by atoms with Gasteiger partial charge in [-0.3, -0.25) is 5.32 Å². The molecule has 6 nitrogen and oxygen atoms in total. The van der Waals surface area contributed by atoms with E-state index in [1.54, 1.807) is 6.07 Å². The molecule has 100 valence electrons. The number of hydrogen-bond acceptors (Lipinski definition) is 6. The zero-order valence-corrected chi connectivity index (χ0v) is 11.0. The molecule has 2 heterocycles. The van der Waals surface area contributed by atoms with E-state index in [4.69, 9.17) is 10.00 Å². The molecule has 0 bridgehead atoms. The minimum Gasteiger partial charge on any atom is -0.493 e. The maximum absolute atomic E-state index is 8.62. The summed E-state index contributed by atoms with van der Waals surface area (Å²) in [5, 5.41) is 11.1. The molecule has 0 saturated carbocycles. The fourth-order valence-corrected chi connectivity index (χ4v) is 2.17. The molecule has 0 amide bonds. The van der Waals surface area contributed by atoms with E-state index < -0.39 is 0 Å². The average molecular weight is 267 g/mol. The second kappa shape index (κ2) is 5.05. The largest absolute Gasteiger partial charge is 0.493 e. The zero-order chi connectivity index (χ0) is 13.9. The Labute approximate surface area is 116 Å². The van der Waals surface area contributed by atoms with Crippen molar-refractivity contribution in [1.29, 1.82) is 5.26 Å². The van der Waals surface area contributed by atoms with Crippen molar-refractivity contribution in [1.82, 2.24) is 9.97 Å².